The van der Waals surface area contributed by atoms with Crippen LogP contribution < -0.4 is 65.6 Å². The Hall–Kier alpha value is -14.8. The standard InChI is InChI=1S/C19H20BrN5O3.C19H16N6O2.C18H18BrN5O3.C18H16BrN5O2.C11H15N5O.C8H7BrO3.2CH4.Li.2H2O/c1-27-19(26)14-8-7-13(20)11-16(14)28-10-3-2-9-25-12-22-24-18(25)15-5-4-6-17(21)23-15;20-11-13-6-7-14-16(10-13)27-9-2-1-8-25-12-21-24-18(25)15-4-3-5-17(22-15)23-19(14)26;19-12-6-7-13(18(25)26)15(10-12)27-9-2-1-8-24-11-21-23-17(24)14-4-3-5-16(20)22-14;19-12-6-7-13-15(10-12)26-9-2-1-8-24-11-20-23-17(24)14-4-3-5-16(21-14)22-18(13)25;12-10-5-3-4-9(14-10)11-15-13-8-16(11)6-1-2-7-17;1-12-8(11)6-3-2-5(9)4-7(6)10;;;;;/h4-8,11-12H,2-3,9-10H2,1H3,(H2,21,23);3-7,10,12H,1-2,8-9H2,(H,22,23,26);3-7,10-11H,1-2,8-9H2,(H2,20,22)(H,25,26);3-7,10-11H,1-2,8-9H2,(H,21,22,25);3-5,8,17H,1-2,6-7H2,(H2,12,14);2-4,10H,1H3;2*1H4;;2*1H2/q;;;;;;;;+1;;/p-1. The molecule has 0 saturated heterocycles. The Labute approximate surface area is 862 Å². The number of aromatic carboxylic acids is 1. The summed E-state index contributed by atoms with van der Waals surface area (Å²) in [5.74, 6) is 4.67. The number of anilines is 5. The number of nitrogens with one attached hydrogen (secondary N) is 2. The SMILES string of the molecule is C.C.COC(=O)c1ccc(Br)cc1O.COC(=O)c1ccc(Br)cc1OCCCCn1cnnc1-c1cccc(N)n1.N#Cc1ccc2c(c1)OCCCCn1cnnc1-c1cccc(n1)NC2=O.Nc1cccc(-c2nncn2CCCCO)n1.Nc1cccc(-c2nncn2CCCCOc2cc(Br)ccc2C(=O)O)n1.O.O=C1Nc2cccc(n2)-c2nncn2CCCCOc2cc(Br)ccc21.[Li+].[OH-]. The number of methoxy groups -OCH3 is 2. The molecule has 4 bridgehead atoms. The molecule has 2 aliphatic rings. The summed E-state index contributed by atoms with van der Waals surface area (Å²) < 4.78 is 45.2. The third-order valence-electron chi connectivity index (χ3n) is 20.0. The van der Waals surface area contributed by atoms with Crippen LogP contribution in [0.2, 0.25) is 0 Å². The van der Waals surface area contributed by atoms with Crippen molar-refractivity contribution in [3.63, 3.8) is 0 Å². The summed E-state index contributed by atoms with van der Waals surface area (Å²) >= 11 is 13.3. The minimum atomic E-state index is -1.01. The number of aromatic hydroxyl groups is 1. The number of phenols is 1. The number of hydrogen-bond acceptors (Lipinski definition) is 33. The van der Waals surface area contributed by atoms with E-state index in [0.29, 0.717) is 176 Å². The quantitative estimate of drug-likeness (QED) is 0.0177. The summed E-state index contributed by atoms with van der Waals surface area (Å²) in [6.45, 7) is 5.71. The van der Waals surface area contributed by atoms with E-state index in [-0.39, 0.29) is 80.0 Å². The van der Waals surface area contributed by atoms with Crippen LogP contribution in [0, 0.1) is 11.3 Å². The van der Waals surface area contributed by atoms with Crippen molar-refractivity contribution in [2.45, 2.75) is 112 Å². The molecule has 47 heteroatoms. The van der Waals surface area contributed by atoms with Gasteiger partial charge in [-0.05, 0) is 216 Å². The van der Waals surface area contributed by atoms with Crippen molar-refractivity contribution < 1.29 is 97.5 Å². The van der Waals surface area contributed by atoms with Crippen LogP contribution in [-0.4, -0.2) is 202 Å². The summed E-state index contributed by atoms with van der Waals surface area (Å²) in [5, 5.41) is 82.3. The molecule has 0 saturated carbocycles. The zero-order valence-corrected chi connectivity index (χ0v) is 82.1. The fraction of sp³-hybridized carbons (Fsp3) is 0.253. The van der Waals surface area contributed by atoms with Gasteiger partial charge in [0.25, 0.3) is 11.8 Å². The number of esters is 2. The molecule has 0 spiro atoms. The Kier molecular flexibility index (Phi) is 46.9. The van der Waals surface area contributed by atoms with Crippen molar-refractivity contribution in [2.75, 3.05) is 75.1 Å². The first kappa shape index (κ1) is 114. The molecule has 738 valence electrons. The topological polar surface area (TPSA) is 607 Å². The van der Waals surface area contributed by atoms with Gasteiger partial charge in [-0.1, -0.05) is 109 Å². The third-order valence-corrected chi connectivity index (χ3v) is 21.9. The van der Waals surface area contributed by atoms with Gasteiger partial charge >= 0.3 is 36.8 Å². The second kappa shape index (κ2) is 58.3. The number of amides is 2. The van der Waals surface area contributed by atoms with Crippen LogP contribution in [-0.2, 0) is 42.2 Å². The van der Waals surface area contributed by atoms with Crippen molar-refractivity contribution in [2.24, 2.45) is 0 Å². The fourth-order valence-corrected chi connectivity index (χ4v) is 14.6. The number of aliphatic hydroxyl groups is 1. The third kappa shape index (κ3) is 33.2. The molecule has 0 unspecified atom stereocenters. The summed E-state index contributed by atoms with van der Waals surface area (Å²) in [4.78, 5) is 81.2. The van der Waals surface area contributed by atoms with Gasteiger partial charge in [-0.3, -0.25) is 9.59 Å². The fourth-order valence-electron chi connectivity index (χ4n) is 13.3. The number of carboxylic acid groups (broad SMARTS) is 1. The zero-order valence-electron chi connectivity index (χ0n) is 75.8. The number of phenolic OH excluding ortho intramolecular Hbond substituents is 1. The van der Waals surface area contributed by atoms with Crippen LogP contribution in [0.4, 0.5) is 29.1 Å². The number of aromatic nitrogens is 20. The van der Waals surface area contributed by atoms with Gasteiger partial charge in [0, 0.05) is 57.2 Å². The second-order valence-electron chi connectivity index (χ2n) is 29.7. The Morgan fingerprint density at radius 3 is 1.25 bits per heavy atom. The van der Waals surface area contributed by atoms with Crippen molar-refractivity contribution in [3.05, 3.63) is 265 Å². The van der Waals surface area contributed by atoms with Crippen molar-refractivity contribution in [1.82, 2.24) is 98.7 Å². The molecule has 0 aliphatic carbocycles. The number of ether oxygens (including phenoxy) is 6. The van der Waals surface area contributed by atoms with E-state index in [1.807, 2.05) is 89.6 Å². The number of unbranched alkanes of at least 4 members (excludes halogenated alkanes) is 3. The Morgan fingerprint density at radius 2 is 0.824 bits per heavy atom. The number of aliphatic hydroxyl groups excluding tert-OH is 1. The summed E-state index contributed by atoms with van der Waals surface area (Å²) in [6, 6.07) is 53.8. The smallest absolute Gasteiger partial charge is 0.870 e. The van der Waals surface area contributed by atoms with E-state index in [0.717, 1.165) is 97.3 Å². The number of fused-ring (bicyclic) bond motifs is 10. The van der Waals surface area contributed by atoms with E-state index in [2.05, 4.69) is 161 Å². The molecular formula is C95H103Br4LiN26O16. The van der Waals surface area contributed by atoms with Crippen LogP contribution in [0.5, 0.6) is 28.7 Å². The number of rotatable bonds is 22. The first-order chi connectivity index (χ1) is 66.5. The van der Waals surface area contributed by atoms with E-state index >= 15 is 0 Å². The molecule has 12 heterocycles. The zero-order chi connectivity index (χ0) is 97.0. The van der Waals surface area contributed by atoms with Crippen molar-refractivity contribution >= 4 is 123 Å². The maximum absolute atomic E-state index is 12.7. The van der Waals surface area contributed by atoms with E-state index in [1.165, 1.54) is 32.4 Å². The van der Waals surface area contributed by atoms with Crippen LogP contribution >= 0.6 is 63.7 Å². The maximum atomic E-state index is 12.7. The van der Waals surface area contributed by atoms with Gasteiger partial charge in [0.1, 0.15) is 135 Å². The number of aryl methyl sites for hydroxylation is 5. The molecule has 142 heavy (non-hydrogen) atoms. The molecule has 10 aromatic heterocycles. The van der Waals surface area contributed by atoms with Gasteiger partial charge in [0.05, 0.1) is 63.4 Å². The number of hydrogen-bond donors (Lipinski definition) is 8. The molecule has 0 radical (unpaired) electrons. The van der Waals surface area contributed by atoms with Gasteiger partial charge in [-0.25, -0.2) is 39.3 Å². The molecule has 0 fully saturated rings. The Bertz CT molecular complexity index is 6680. The number of nitrogens with two attached hydrogens (primary N) is 3. The first-order valence-electron chi connectivity index (χ1n) is 42.6. The van der Waals surface area contributed by atoms with Crippen LogP contribution in [0.1, 0.15) is 136 Å². The van der Waals surface area contributed by atoms with Crippen molar-refractivity contribution in [1.29, 1.82) is 5.26 Å². The number of carboxylic acids is 1. The number of carbonyl (C=O) groups is 5. The average Bonchev–Trinajstić information content (AvgIpc) is 1.46. The molecule has 17 rings (SSSR count). The number of nitrogen functional groups attached to an aromatic ring is 3. The number of carbonyl (C=O) groups excluding carboxylic acids is 4. The number of nitrogens with zero attached hydrogens (tertiary/aromatic N) is 21. The van der Waals surface area contributed by atoms with E-state index < -0.39 is 17.9 Å². The van der Waals surface area contributed by atoms with Crippen molar-refractivity contribution in [3.8, 4) is 92.4 Å². The van der Waals surface area contributed by atoms with Gasteiger partial charge < -0.3 is 105 Å². The molecule has 0 atom stereocenters. The molecule has 14 N–H and O–H groups in total. The summed E-state index contributed by atoms with van der Waals surface area (Å²) in [5.41, 5.74) is 22.5. The number of benzene rings is 5. The maximum Gasteiger partial charge on any atom is 1.00 e. The van der Waals surface area contributed by atoms with Crippen LogP contribution in [0.15, 0.2) is 232 Å². The van der Waals surface area contributed by atoms with Crippen LogP contribution in [0.25, 0.3) is 57.6 Å². The average molecular weight is 2190 g/mol. The number of halogens is 4. The summed E-state index contributed by atoms with van der Waals surface area (Å²) in [6.07, 6.45) is 16.6. The largest absolute Gasteiger partial charge is 1.00 e. The van der Waals surface area contributed by atoms with E-state index in [4.69, 9.17) is 51.3 Å². The van der Waals surface area contributed by atoms with E-state index in [1.54, 1.807) is 129 Å². The predicted molar refractivity (Wildman–Crippen MR) is 539 cm³/mol. The second-order valence-corrected chi connectivity index (χ2v) is 33.3. The van der Waals surface area contributed by atoms with Crippen LogP contribution in [0.3, 0.4) is 0 Å². The molecule has 42 nitrogen and oxygen atoms in total. The number of nitriles is 1. The van der Waals surface area contributed by atoms with Gasteiger partial charge in [-0.15, -0.1) is 51.0 Å². The van der Waals surface area contributed by atoms with Gasteiger partial charge in [0.2, 0.25) is 0 Å². The minimum absolute atomic E-state index is 0. The van der Waals surface area contributed by atoms with Gasteiger partial charge in [-0.2, -0.15) is 5.26 Å². The molecule has 2 aliphatic heterocycles. The minimum Gasteiger partial charge on any atom is -0.870 e. The Balaban J connectivity index is 0.000000234. The Morgan fingerprint density at radius 1 is 0.458 bits per heavy atom. The van der Waals surface area contributed by atoms with Gasteiger partial charge in [0.15, 0.2) is 29.1 Å². The molecule has 2 amide bonds. The monoisotopic (exact) mass is 2190 g/mol. The van der Waals surface area contributed by atoms with E-state index in [9.17, 15) is 34.2 Å². The normalized spacial score (nSPS) is 11.5. The number of pyridine rings is 5. The predicted octanol–water partition coefficient (Wildman–Crippen LogP) is 12.6. The molecular weight excluding hydrogens is 2090 g/mol. The first-order valence-corrected chi connectivity index (χ1v) is 45.8. The summed E-state index contributed by atoms with van der Waals surface area (Å²) in [7, 11) is 2.62. The molecule has 5 aromatic carbocycles. The molecule has 15 aromatic rings.